The summed E-state index contributed by atoms with van der Waals surface area (Å²) < 4.78 is 10.3. The van der Waals surface area contributed by atoms with Crippen LogP contribution < -0.4 is 4.74 Å². The number of benzene rings is 2. The largest absolute Gasteiger partial charge is 0.462 e. The highest BCUT2D eigenvalue weighted by Crippen LogP contribution is 2.35. The summed E-state index contributed by atoms with van der Waals surface area (Å²) in [6.45, 7) is 2.14. The fourth-order valence-electron chi connectivity index (χ4n) is 1.87. The minimum absolute atomic E-state index is 0.0101. The molecule has 0 N–H and O–H groups in total. The molecule has 0 unspecified atom stereocenters. The van der Waals surface area contributed by atoms with E-state index in [1.165, 1.54) is 24.3 Å². The summed E-state index contributed by atoms with van der Waals surface area (Å²) in [5, 5.41) is 0.478. The van der Waals surface area contributed by atoms with Crippen molar-refractivity contribution in [2.45, 2.75) is 13.3 Å². The standard InChI is InChI=1S/C17H13Cl3O4/c1-2-7-23-16(21)11-5-3-4-6-12(11)17(22)24-14-9-10(18)8-13(19)15(14)20/h3-6,8-9H,2,7H2,1H3. The molecule has 7 heteroatoms. The van der Waals surface area contributed by atoms with Crippen LogP contribution in [0.2, 0.25) is 15.1 Å². The fourth-order valence-corrected chi connectivity index (χ4v) is 2.50. The third-order valence-electron chi connectivity index (χ3n) is 2.97. The van der Waals surface area contributed by atoms with Gasteiger partial charge in [0, 0.05) is 11.1 Å². The van der Waals surface area contributed by atoms with Gasteiger partial charge < -0.3 is 9.47 Å². The second kappa shape index (κ2) is 8.38. The maximum absolute atomic E-state index is 12.4. The second-order valence-electron chi connectivity index (χ2n) is 4.77. The van der Waals surface area contributed by atoms with Crippen molar-refractivity contribution in [3.8, 4) is 5.75 Å². The van der Waals surface area contributed by atoms with Gasteiger partial charge in [-0.1, -0.05) is 53.9 Å². The SMILES string of the molecule is CCCOC(=O)c1ccccc1C(=O)Oc1cc(Cl)cc(Cl)c1Cl. The molecule has 0 aliphatic carbocycles. The zero-order valence-electron chi connectivity index (χ0n) is 12.6. The lowest BCUT2D eigenvalue weighted by Crippen LogP contribution is -2.16. The summed E-state index contributed by atoms with van der Waals surface area (Å²) >= 11 is 17.8. The van der Waals surface area contributed by atoms with E-state index in [-0.39, 0.29) is 38.6 Å². The molecule has 0 aliphatic heterocycles. The van der Waals surface area contributed by atoms with Crippen molar-refractivity contribution >= 4 is 46.7 Å². The monoisotopic (exact) mass is 386 g/mol. The highest BCUT2D eigenvalue weighted by Gasteiger charge is 2.21. The lowest BCUT2D eigenvalue weighted by Gasteiger charge is -2.11. The quantitative estimate of drug-likeness (QED) is 0.390. The average molecular weight is 388 g/mol. The van der Waals surface area contributed by atoms with Gasteiger partial charge in [-0.3, -0.25) is 0 Å². The Bertz CT molecular complexity index is 774. The molecule has 0 amide bonds. The van der Waals surface area contributed by atoms with E-state index in [0.29, 0.717) is 6.42 Å². The van der Waals surface area contributed by atoms with Crippen LogP contribution in [0.3, 0.4) is 0 Å². The lowest BCUT2D eigenvalue weighted by atomic mass is 10.1. The first-order valence-electron chi connectivity index (χ1n) is 7.07. The molecule has 2 aromatic rings. The molecule has 0 aromatic heterocycles. The number of hydrogen-bond acceptors (Lipinski definition) is 4. The van der Waals surface area contributed by atoms with E-state index in [4.69, 9.17) is 44.3 Å². The molecule has 2 rings (SSSR count). The summed E-state index contributed by atoms with van der Waals surface area (Å²) in [6, 6.07) is 8.99. The van der Waals surface area contributed by atoms with Crippen molar-refractivity contribution in [1.82, 2.24) is 0 Å². The average Bonchev–Trinajstić information content (AvgIpc) is 2.57. The van der Waals surface area contributed by atoms with Crippen LogP contribution in [0.5, 0.6) is 5.75 Å². The molecule has 126 valence electrons. The number of hydrogen-bond donors (Lipinski definition) is 0. The highest BCUT2D eigenvalue weighted by atomic mass is 35.5. The Kier molecular flexibility index (Phi) is 6.49. The first-order valence-corrected chi connectivity index (χ1v) is 8.20. The van der Waals surface area contributed by atoms with Gasteiger partial charge in [0.1, 0.15) is 5.02 Å². The second-order valence-corrected chi connectivity index (χ2v) is 5.99. The summed E-state index contributed by atoms with van der Waals surface area (Å²) in [6.07, 6.45) is 0.676. The molecule has 0 fully saturated rings. The van der Waals surface area contributed by atoms with E-state index >= 15 is 0 Å². The summed E-state index contributed by atoms with van der Waals surface area (Å²) in [7, 11) is 0. The predicted octanol–water partition coefficient (Wildman–Crippen LogP) is 5.43. The molecule has 0 spiro atoms. The maximum Gasteiger partial charge on any atom is 0.344 e. The van der Waals surface area contributed by atoms with Gasteiger partial charge in [-0.15, -0.1) is 0 Å². The third-order valence-corrected chi connectivity index (χ3v) is 3.97. The molecule has 0 atom stereocenters. The van der Waals surface area contributed by atoms with E-state index in [9.17, 15) is 9.59 Å². The number of carbonyl (C=O) groups is 2. The Morgan fingerprint density at radius 2 is 1.62 bits per heavy atom. The molecule has 24 heavy (non-hydrogen) atoms. The van der Waals surface area contributed by atoms with Crippen molar-refractivity contribution in [2.75, 3.05) is 6.61 Å². The lowest BCUT2D eigenvalue weighted by molar-refractivity contribution is 0.0496. The fraction of sp³-hybridized carbons (Fsp3) is 0.176. The maximum atomic E-state index is 12.4. The zero-order valence-corrected chi connectivity index (χ0v) is 14.9. The van der Waals surface area contributed by atoms with Crippen LogP contribution in [-0.4, -0.2) is 18.5 Å². The van der Waals surface area contributed by atoms with Gasteiger partial charge in [0.15, 0.2) is 5.75 Å². The Balaban J connectivity index is 2.30. The Morgan fingerprint density at radius 3 is 2.25 bits per heavy atom. The molecule has 0 aliphatic rings. The summed E-state index contributed by atoms with van der Waals surface area (Å²) in [5.74, 6) is -1.35. The van der Waals surface area contributed by atoms with Gasteiger partial charge in [-0.05, 0) is 24.6 Å². The number of ether oxygens (including phenoxy) is 2. The number of esters is 2. The smallest absolute Gasteiger partial charge is 0.344 e. The minimum Gasteiger partial charge on any atom is -0.462 e. The van der Waals surface area contributed by atoms with Gasteiger partial charge in [0.2, 0.25) is 0 Å². The Morgan fingerprint density at radius 1 is 1.00 bits per heavy atom. The molecular formula is C17H13Cl3O4. The van der Waals surface area contributed by atoms with Gasteiger partial charge >= 0.3 is 11.9 Å². The van der Waals surface area contributed by atoms with Crippen molar-refractivity contribution in [2.24, 2.45) is 0 Å². The topological polar surface area (TPSA) is 52.6 Å². The molecule has 0 saturated carbocycles. The molecule has 0 heterocycles. The molecule has 2 aromatic carbocycles. The predicted molar refractivity (Wildman–Crippen MR) is 93.4 cm³/mol. The minimum atomic E-state index is -0.765. The van der Waals surface area contributed by atoms with Crippen LogP contribution in [0.15, 0.2) is 36.4 Å². The van der Waals surface area contributed by atoms with Crippen LogP contribution >= 0.6 is 34.8 Å². The van der Waals surface area contributed by atoms with Gasteiger partial charge in [0.05, 0.1) is 22.8 Å². The van der Waals surface area contributed by atoms with Gasteiger partial charge in [0.25, 0.3) is 0 Å². The highest BCUT2D eigenvalue weighted by molar-refractivity contribution is 6.44. The van der Waals surface area contributed by atoms with E-state index in [1.54, 1.807) is 12.1 Å². The Labute approximate surface area is 154 Å². The van der Waals surface area contributed by atoms with Gasteiger partial charge in [-0.25, -0.2) is 9.59 Å². The zero-order chi connectivity index (χ0) is 17.7. The molecule has 0 radical (unpaired) electrons. The van der Waals surface area contributed by atoms with Crippen LogP contribution in [0.25, 0.3) is 0 Å². The number of carbonyl (C=O) groups excluding carboxylic acids is 2. The van der Waals surface area contributed by atoms with Crippen molar-refractivity contribution in [3.63, 3.8) is 0 Å². The summed E-state index contributed by atoms with van der Waals surface area (Å²) in [4.78, 5) is 24.5. The first-order chi connectivity index (χ1) is 11.4. The van der Waals surface area contributed by atoms with Crippen molar-refractivity contribution < 1.29 is 19.1 Å². The Hall–Kier alpha value is -1.75. The number of halogens is 3. The van der Waals surface area contributed by atoms with Gasteiger partial charge in [-0.2, -0.15) is 0 Å². The van der Waals surface area contributed by atoms with Crippen LogP contribution in [0.1, 0.15) is 34.1 Å². The van der Waals surface area contributed by atoms with E-state index in [0.717, 1.165) is 0 Å². The molecular weight excluding hydrogens is 375 g/mol. The normalized spacial score (nSPS) is 10.3. The first kappa shape index (κ1) is 18.6. The van der Waals surface area contributed by atoms with Crippen LogP contribution in [-0.2, 0) is 4.74 Å². The molecule has 0 saturated heterocycles. The third kappa shape index (κ3) is 4.41. The van der Waals surface area contributed by atoms with E-state index in [1.807, 2.05) is 6.92 Å². The van der Waals surface area contributed by atoms with Crippen molar-refractivity contribution in [1.29, 1.82) is 0 Å². The van der Waals surface area contributed by atoms with Crippen molar-refractivity contribution in [3.05, 3.63) is 62.6 Å². The number of rotatable bonds is 5. The summed E-state index contributed by atoms with van der Waals surface area (Å²) in [5.41, 5.74) is 0.172. The van der Waals surface area contributed by atoms with E-state index < -0.39 is 11.9 Å². The van der Waals surface area contributed by atoms with Crippen LogP contribution in [0.4, 0.5) is 0 Å². The van der Waals surface area contributed by atoms with Crippen LogP contribution in [0, 0.1) is 0 Å². The molecule has 4 nitrogen and oxygen atoms in total. The van der Waals surface area contributed by atoms with E-state index in [2.05, 4.69) is 0 Å². The molecule has 0 bridgehead atoms.